The Morgan fingerprint density at radius 2 is 2.27 bits per heavy atom. The smallest absolute Gasteiger partial charge is 0.137 e. The van der Waals surface area contributed by atoms with E-state index in [1.165, 1.54) is 6.07 Å². The zero-order valence-electron chi connectivity index (χ0n) is 8.72. The lowest BCUT2D eigenvalue weighted by Gasteiger charge is -2.10. The Morgan fingerprint density at radius 3 is 2.87 bits per heavy atom. The summed E-state index contributed by atoms with van der Waals surface area (Å²) in [7, 11) is 0. The van der Waals surface area contributed by atoms with Crippen LogP contribution in [-0.2, 0) is 0 Å². The molecule has 1 aromatic rings. The molecule has 0 atom stereocenters. The quantitative estimate of drug-likeness (QED) is 0.445. The van der Waals surface area contributed by atoms with Crippen molar-refractivity contribution in [3.8, 4) is 5.75 Å². The molecule has 15 heavy (non-hydrogen) atoms. The van der Waals surface area contributed by atoms with E-state index in [2.05, 4.69) is 0 Å². The molecule has 0 aliphatic rings. The summed E-state index contributed by atoms with van der Waals surface area (Å²) < 4.78 is 18.7. The maximum Gasteiger partial charge on any atom is 0.137 e. The number of halogens is 1. The molecule has 3 nitrogen and oxygen atoms in total. The van der Waals surface area contributed by atoms with Crippen molar-refractivity contribution in [1.82, 2.24) is 0 Å². The van der Waals surface area contributed by atoms with E-state index in [1.54, 1.807) is 12.1 Å². The molecule has 0 bridgehead atoms. The molecule has 0 unspecified atom stereocenters. The summed E-state index contributed by atoms with van der Waals surface area (Å²) >= 11 is 0. The molecule has 0 radical (unpaired) electrons. The van der Waals surface area contributed by atoms with Crippen LogP contribution in [0.3, 0.4) is 0 Å². The van der Waals surface area contributed by atoms with Crippen molar-refractivity contribution < 1.29 is 9.13 Å². The number of hydrogen-bond acceptors (Lipinski definition) is 2. The fraction of sp³-hybridized carbons (Fsp3) is 0.364. The van der Waals surface area contributed by atoms with Crippen LogP contribution in [-0.4, -0.2) is 12.4 Å². The van der Waals surface area contributed by atoms with Crippen molar-refractivity contribution in [3.63, 3.8) is 0 Å². The molecule has 0 saturated heterocycles. The second-order valence-corrected chi connectivity index (χ2v) is 3.23. The highest BCUT2D eigenvalue weighted by Gasteiger charge is 2.11. The maximum atomic E-state index is 13.3. The van der Waals surface area contributed by atoms with Gasteiger partial charge in [-0.2, -0.15) is 0 Å². The van der Waals surface area contributed by atoms with E-state index < -0.39 is 5.82 Å². The minimum atomic E-state index is -0.517. The molecule has 0 fully saturated rings. The molecule has 0 heterocycles. The summed E-state index contributed by atoms with van der Waals surface area (Å²) in [5, 5.41) is 7.26. The number of ether oxygens (including phenoxy) is 1. The molecule has 0 aliphatic heterocycles. The molecule has 82 valence electrons. The number of hydrogen-bond donors (Lipinski definition) is 2. The second-order valence-electron chi connectivity index (χ2n) is 3.23. The Kier molecular flexibility index (Phi) is 4.09. The van der Waals surface area contributed by atoms with Gasteiger partial charge in [0.2, 0.25) is 0 Å². The van der Waals surface area contributed by atoms with Crippen LogP contribution in [0, 0.1) is 11.2 Å². The van der Waals surface area contributed by atoms with E-state index in [0.717, 1.165) is 12.8 Å². The van der Waals surface area contributed by atoms with Gasteiger partial charge in [-0.05, 0) is 18.6 Å². The Hall–Kier alpha value is -1.58. The van der Waals surface area contributed by atoms with Crippen molar-refractivity contribution in [3.05, 3.63) is 29.6 Å². The molecule has 0 spiro atoms. The number of nitrogen functional groups attached to an aromatic ring is 1. The van der Waals surface area contributed by atoms with Crippen LogP contribution in [0.5, 0.6) is 5.75 Å². The number of amidine groups is 1. The second kappa shape index (κ2) is 5.34. The van der Waals surface area contributed by atoms with Crippen LogP contribution in [0.1, 0.15) is 25.3 Å². The van der Waals surface area contributed by atoms with Gasteiger partial charge < -0.3 is 10.5 Å². The van der Waals surface area contributed by atoms with Gasteiger partial charge in [0.1, 0.15) is 17.4 Å². The largest absolute Gasteiger partial charge is 0.493 e. The lowest BCUT2D eigenvalue weighted by molar-refractivity contribution is 0.307. The van der Waals surface area contributed by atoms with Gasteiger partial charge in [0.05, 0.1) is 12.2 Å². The maximum absolute atomic E-state index is 13.3. The summed E-state index contributed by atoms with van der Waals surface area (Å²) in [5.74, 6) is -0.480. The van der Waals surface area contributed by atoms with Crippen molar-refractivity contribution in [2.24, 2.45) is 5.73 Å². The molecular weight excluding hydrogens is 195 g/mol. The SMILES string of the molecule is CCCCOc1cccc(F)c1C(=N)N. The molecule has 1 rings (SSSR count). The van der Waals surface area contributed by atoms with E-state index in [1.807, 2.05) is 6.92 Å². The lowest BCUT2D eigenvalue weighted by atomic mass is 10.1. The van der Waals surface area contributed by atoms with Crippen LogP contribution in [0.15, 0.2) is 18.2 Å². The summed E-state index contributed by atoms with van der Waals surface area (Å²) in [6.07, 6.45) is 1.90. The zero-order chi connectivity index (χ0) is 11.3. The molecule has 1 aromatic carbocycles. The normalized spacial score (nSPS) is 10.0. The Bertz CT molecular complexity index is 352. The van der Waals surface area contributed by atoms with Crippen LogP contribution in [0.4, 0.5) is 4.39 Å². The molecule has 0 saturated carbocycles. The van der Waals surface area contributed by atoms with Crippen LogP contribution in [0.25, 0.3) is 0 Å². The van der Waals surface area contributed by atoms with Crippen molar-refractivity contribution in [1.29, 1.82) is 5.41 Å². The van der Waals surface area contributed by atoms with Gasteiger partial charge in [-0.15, -0.1) is 0 Å². The van der Waals surface area contributed by atoms with E-state index in [4.69, 9.17) is 15.9 Å². The highest BCUT2D eigenvalue weighted by atomic mass is 19.1. The highest BCUT2D eigenvalue weighted by Crippen LogP contribution is 2.20. The average Bonchev–Trinajstić information content (AvgIpc) is 2.17. The van der Waals surface area contributed by atoms with E-state index in [9.17, 15) is 4.39 Å². The first-order valence-electron chi connectivity index (χ1n) is 4.92. The Balaban J connectivity index is 2.86. The van der Waals surface area contributed by atoms with Crippen molar-refractivity contribution >= 4 is 5.84 Å². The van der Waals surface area contributed by atoms with Gasteiger partial charge in [0.15, 0.2) is 0 Å². The molecule has 0 amide bonds. The first-order valence-corrected chi connectivity index (χ1v) is 4.92. The first-order chi connectivity index (χ1) is 7.16. The van der Waals surface area contributed by atoms with Gasteiger partial charge >= 0.3 is 0 Å². The molecule has 0 aliphatic carbocycles. The predicted molar refractivity (Wildman–Crippen MR) is 57.8 cm³/mol. The number of nitrogens with one attached hydrogen (secondary N) is 1. The molecular formula is C11H15FN2O. The van der Waals surface area contributed by atoms with Crippen LogP contribution < -0.4 is 10.5 Å². The zero-order valence-corrected chi connectivity index (χ0v) is 8.72. The summed E-state index contributed by atoms with van der Waals surface area (Å²) in [5.41, 5.74) is 5.33. The van der Waals surface area contributed by atoms with Crippen molar-refractivity contribution in [2.45, 2.75) is 19.8 Å². The number of unbranched alkanes of at least 4 members (excludes halogenated alkanes) is 1. The number of benzene rings is 1. The number of rotatable bonds is 5. The van der Waals surface area contributed by atoms with Gasteiger partial charge in [-0.3, -0.25) is 5.41 Å². The molecule has 4 heteroatoms. The topological polar surface area (TPSA) is 59.1 Å². The summed E-state index contributed by atoms with van der Waals surface area (Å²) in [4.78, 5) is 0. The molecule has 3 N–H and O–H groups in total. The van der Waals surface area contributed by atoms with E-state index in [-0.39, 0.29) is 11.4 Å². The Labute approximate surface area is 88.6 Å². The first kappa shape index (κ1) is 11.5. The van der Waals surface area contributed by atoms with Gasteiger partial charge in [0.25, 0.3) is 0 Å². The standard InChI is InChI=1S/C11H15FN2O/c1-2-3-7-15-9-6-4-5-8(12)10(9)11(13)14/h4-6H,2-3,7H2,1H3,(H3,13,14). The van der Waals surface area contributed by atoms with E-state index in [0.29, 0.717) is 12.4 Å². The molecule has 0 aromatic heterocycles. The third kappa shape index (κ3) is 2.94. The third-order valence-corrected chi connectivity index (χ3v) is 2.00. The third-order valence-electron chi connectivity index (χ3n) is 2.00. The fourth-order valence-corrected chi connectivity index (χ4v) is 1.21. The van der Waals surface area contributed by atoms with E-state index >= 15 is 0 Å². The van der Waals surface area contributed by atoms with Gasteiger partial charge in [-0.25, -0.2) is 4.39 Å². The minimum absolute atomic E-state index is 0.0496. The lowest BCUT2D eigenvalue weighted by Crippen LogP contribution is -2.15. The minimum Gasteiger partial charge on any atom is -0.493 e. The fourth-order valence-electron chi connectivity index (χ4n) is 1.21. The monoisotopic (exact) mass is 210 g/mol. The van der Waals surface area contributed by atoms with Crippen LogP contribution in [0.2, 0.25) is 0 Å². The summed E-state index contributed by atoms with van der Waals surface area (Å²) in [6.45, 7) is 2.56. The predicted octanol–water partition coefficient (Wildman–Crippen LogP) is 2.29. The highest BCUT2D eigenvalue weighted by molar-refractivity contribution is 5.97. The summed E-state index contributed by atoms with van der Waals surface area (Å²) in [6, 6.07) is 4.43. The van der Waals surface area contributed by atoms with Gasteiger partial charge in [-0.1, -0.05) is 19.4 Å². The Morgan fingerprint density at radius 1 is 1.53 bits per heavy atom. The van der Waals surface area contributed by atoms with Gasteiger partial charge in [0, 0.05) is 0 Å². The number of nitrogens with two attached hydrogens (primary N) is 1. The van der Waals surface area contributed by atoms with Crippen LogP contribution >= 0.6 is 0 Å². The average molecular weight is 210 g/mol. The van der Waals surface area contributed by atoms with Crippen molar-refractivity contribution in [2.75, 3.05) is 6.61 Å².